The van der Waals surface area contributed by atoms with Crippen LogP contribution in [0.15, 0.2) is 21.7 Å². The van der Waals surface area contributed by atoms with Crippen molar-refractivity contribution in [3.05, 3.63) is 28.8 Å². The molecular weight excluding hydrogens is 218 g/mol. The predicted molar refractivity (Wildman–Crippen MR) is 65.9 cm³/mol. The van der Waals surface area contributed by atoms with Gasteiger partial charge in [-0.15, -0.1) is 0 Å². The van der Waals surface area contributed by atoms with Crippen molar-refractivity contribution in [3.8, 4) is 0 Å². The summed E-state index contributed by atoms with van der Waals surface area (Å²) in [5, 5.41) is 0. The van der Waals surface area contributed by atoms with Crippen molar-refractivity contribution in [1.82, 2.24) is 15.0 Å². The molecule has 0 aromatic carbocycles. The van der Waals surface area contributed by atoms with Crippen molar-refractivity contribution in [1.29, 1.82) is 0 Å². The Hall–Kier alpha value is -1.78. The molecule has 0 amide bonds. The van der Waals surface area contributed by atoms with Gasteiger partial charge in [-0.25, -0.2) is 14.8 Å². The zero-order chi connectivity index (χ0) is 13.1. The molecule has 0 aliphatic heterocycles. The van der Waals surface area contributed by atoms with Crippen molar-refractivity contribution < 1.29 is 4.42 Å². The van der Waals surface area contributed by atoms with Gasteiger partial charge in [0.05, 0.1) is 11.9 Å². The largest absolute Gasteiger partial charge is 0.439 e. The molecule has 0 bridgehead atoms. The summed E-state index contributed by atoms with van der Waals surface area (Å²) in [6.45, 7) is 9.91. The second-order valence-electron chi connectivity index (χ2n) is 4.31. The van der Waals surface area contributed by atoms with Crippen LogP contribution in [0.3, 0.4) is 0 Å². The van der Waals surface area contributed by atoms with Gasteiger partial charge in [-0.2, -0.15) is 4.98 Å². The smallest absolute Gasteiger partial charge is 0.405 e. The van der Waals surface area contributed by atoms with Gasteiger partial charge in [0.15, 0.2) is 5.58 Å². The maximum absolute atomic E-state index is 11.2. The van der Waals surface area contributed by atoms with Crippen molar-refractivity contribution in [2.75, 3.05) is 0 Å². The Balaban J connectivity index is 0.000000686. The minimum Gasteiger partial charge on any atom is -0.405 e. The molecular formula is C12H17N3O2. The minimum atomic E-state index is -0.609. The first-order valence-corrected chi connectivity index (χ1v) is 5.60. The number of hydrogen-bond acceptors (Lipinski definition) is 5. The van der Waals surface area contributed by atoms with Gasteiger partial charge in [0.2, 0.25) is 0 Å². The first-order chi connectivity index (χ1) is 7.98. The highest BCUT2D eigenvalue weighted by atomic mass is 16.4. The van der Waals surface area contributed by atoms with Gasteiger partial charge in [0, 0.05) is 5.41 Å². The summed E-state index contributed by atoms with van der Waals surface area (Å²) in [6.07, 6.45) is 2.89. The molecule has 0 fully saturated rings. The number of rotatable bonds is 0. The van der Waals surface area contributed by atoms with E-state index >= 15 is 0 Å². The van der Waals surface area contributed by atoms with E-state index in [2.05, 4.69) is 15.0 Å². The third-order valence-corrected chi connectivity index (χ3v) is 2.01. The first-order valence-electron chi connectivity index (χ1n) is 5.60. The van der Waals surface area contributed by atoms with E-state index in [0.717, 1.165) is 0 Å². The quantitative estimate of drug-likeness (QED) is 0.700. The van der Waals surface area contributed by atoms with Gasteiger partial charge >= 0.3 is 5.76 Å². The van der Waals surface area contributed by atoms with E-state index in [4.69, 9.17) is 4.42 Å². The summed E-state index contributed by atoms with van der Waals surface area (Å²) in [5.74, 6) is -0.609. The van der Waals surface area contributed by atoms with Crippen LogP contribution in [0.2, 0.25) is 0 Å². The highest BCUT2D eigenvalue weighted by molar-refractivity contribution is 5.73. The average Bonchev–Trinajstić information content (AvgIpc) is 2.29. The normalized spacial score (nSPS) is 10.9. The number of fused-ring (bicyclic) bond motifs is 1. The Morgan fingerprint density at radius 1 is 1.24 bits per heavy atom. The van der Waals surface area contributed by atoms with Gasteiger partial charge in [-0.3, -0.25) is 0 Å². The van der Waals surface area contributed by atoms with Crippen molar-refractivity contribution >= 4 is 11.1 Å². The third-order valence-electron chi connectivity index (χ3n) is 2.01. The highest BCUT2D eigenvalue weighted by Crippen LogP contribution is 2.24. The lowest BCUT2D eigenvalue weighted by molar-refractivity contribution is 0.495. The standard InChI is InChI=1S/C10H11N3O2.C2H6/c1-10(2,3)8-7-6(4-11-5-12-7)15-9(14)13-8;1-2/h4-5H,1-3H3;1-2H3. The predicted octanol–water partition coefficient (Wildman–Crippen LogP) is 2.30. The number of aromatic nitrogens is 3. The Kier molecular flexibility index (Phi) is 3.93. The summed E-state index contributed by atoms with van der Waals surface area (Å²) >= 11 is 0. The van der Waals surface area contributed by atoms with Crippen LogP contribution in [-0.2, 0) is 5.41 Å². The minimum absolute atomic E-state index is 0.247. The van der Waals surface area contributed by atoms with Gasteiger partial charge < -0.3 is 4.42 Å². The Bertz CT molecular complexity index is 555. The molecule has 0 saturated heterocycles. The maximum atomic E-state index is 11.2. The van der Waals surface area contributed by atoms with Crippen LogP contribution < -0.4 is 5.76 Å². The van der Waals surface area contributed by atoms with E-state index in [9.17, 15) is 4.79 Å². The van der Waals surface area contributed by atoms with Crippen molar-refractivity contribution in [2.45, 2.75) is 40.0 Å². The topological polar surface area (TPSA) is 68.9 Å². The lowest BCUT2D eigenvalue weighted by Crippen LogP contribution is -2.20. The molecule has 2 heterocycles. The Morgan fingerprint density at radius 3 is 2.47 bits per heavy atom. The van der Waals surface area contributed by atoms with Gasteiger partial charge in [-0.05, 0) is 0 Å². The van der Waals surface area contributed by atoms with E-state index in [0.29, 0.717) is 16.8 Å². The molecule has 2 aromatic heterocycles. The zero-order valence-electron chi connectivity index (χ0n) is 10.8. The lowest BCUT2D eigenvalue weighted by Gasteiger charge is -2.17. The molecule has 17 heavy (non-hydrogen) atoms. The van der Waals surface area contributed by atoms with Crippen LogP contribution in [0.25, 0.3) is 11.1 Å². The van der Waals surface area contributed by atoms with Crippen LogP contribution in [0.1, 0.15) is 40.3 Å². The molecule has 2 aromatic rings. The zero-order valence-corrected chi connectivity index (χ0v) is 10.8. The van der Waals surface area contributed by atoms with Crippen molar-refractivity contribution in [3.63, 3.8) is 0 Å². The SMILES string of the molecule is CC.CC(C)(C)c1nc(=O)oc2cncnc12. The second kappa shape index (κ2) is 5.03. The summed E-state index contributed by atoms with van der Waals surface area (Å²) in [5.41, 5.74) is 1.36. The molecule has 0 N–H and O–H groups in total. The fourth-order valence-corrected chi connectivity index (χ4v) is 1.35. The number of nitrogens with zero attached hydrogens (tertiary/aromatic N) is 3. The van der Waals surface area contributed by atoms with Gasteiger partial charge in [0.25, 0.3) is 0 Å². The van der Waals surface area contributed by atoms with E-state index in [1.54, 1.807) is 0 Å². The fraction of sp³-hybridized carbons (Fsp3) is 0.500. The van der Waals surface area contributed by atoms with Crippen LogP contribution >= 0.6 is 0 Å². The summed E-state index contributed by atoms with van der Waals surface area (Å²) < 4.78 is 4.91. The van der Waals surface area contributed by atoms with Gasteiger partial charge in [0.1, 0.15) is 11.8 Å². The summed E-state index contributed by atoms with van der Waals surface area (Å²) in [7, 11) is 0. The van der Waals surface area contributed by atoms with E-state index < -0.39 is 5.76 Å². The second-order valence-corrected chi connectivity index (χ2v) is 4.31. The van der Waals surface area contributed by atoms with Crippen molar-refractivity contribution in [2.24, 2.45) is 0 Å². The molecule has 0 unspecified atom stereocenters. The maximum Gasteiger partial charge on any atom is 0.439 e. The van der Waals surface area contributed by atoms with E-state index in [1.165, 1.54) is 12.5 Å². The van der Waals surface area contributed by atoms with Gasteiger partial charge in [-0.1, -0.05) is 34.6 Å². The summed E-state index contributed by atoms with van der Waals surface area (Å²) in [4.78, 5) is 23.0. The molecule has 0 aliphatic rings. The molecule has 5 heteroatoms. The highest BCUT2D eigenvalue weighted by Gasteiger charge is 2.21. The van der Waals surface area contributed by atoms with Crippen LogP contribution in [-0.4, -0.2) is 15.0 Å². The molecule has 0 saturated carbocycles. The molecule has 0 spiro atoms. The number of hydrogen-bond donors (Lipinski definition) is 0. The Morgan fingerprint density at radius 2 is 1.88 bits per heavy atom. The first kappa shape index (κ1) is 13.3. The fourth-order valence-electron chi connectivity index (χ4n) is 1.35. The van der Waals surface area contributed by atoms with E-state index in [1.807, 2.05) is 34.6 Å². The third kappa shape index (κ3) is 2.87. The van der Waals surface area contributed by atoms with E-state index in [-0.39, 0.29) is 5.41 Å². The average molecular weight is 235 g/mol. The van der Waals surface area contributed by atoms with Crippen LogP contribution in [0.4, 0.5) is 0 Å². The lowest BCUT2D eigenvalue weighted by atomic mass is 9.91. The Labute approximate surface area is 99.9 Å². The van der Waals surface area contributed by atoms with Crippen LogP contribution in [0, 0.1) is 0 Å². The molecule has 5 nitrogen and oxygen atoms in total. The summed E-state index contributed by atoms with van der Waals surface area (Å²) in [6, 6.07) is 0. The monoisotopic (exact) mass is 235 g/mol. The van der Waals surface area contributed by atoms with Crippen LogP contribution in [0.5, 0.6) is 0 Å². The molecule has 92 valence electrons. The molecule has 0 aliphatic carbocycles. The molecule has 0 atom stereocenters. The molecule has 0 radical (unpaired) electrons. The molecule has 2 rings (SSSR count).